The number of hydrogen-bond acceptors (Lipinski definition) is 3. The van der Waals surface area contributed by atoms with E-state index in [1.54, 1.807) is 17.4 Å². The molecule has 122 valence electrons. The van der Waals surface area contributed by atoms with Crippen molar-refractivity contribution >= 4 is 45.0 Å². The largest absolute Gasteiger partial charge is 0.338 e. The van der Waals surface area contributed by atoms with Crippen molar-refractivity contribution in [3.63, 3.8) is 0 Å². The lowest BCUT2D eigenvalue weighted by molar-refractivity contribution is -0.127. The molecule has 1 fully saturated rings. The van der Waals surface area contributed by atoms with Crippen molar-refractivity contribution in [2.24, 2.45) is 0 Å². The van der Waals surface area contributed by atoms with E-state index >= 15 is 0 Å². The van der Waals surface area contributed by atoms with Crippen LogP contribution >= 0.6 is 22.9 Å². The lowest BCUT2D eigenvalue weighted by Gasteiger charge is -2.35. The summed E-state index contributed by atoms with van der Waals surface area (Å²) in [5.41, 5.74) is 0. The first kappa shape index (κ1) is 16.5. The molecule has 1 aliphatic heterocycles. The number of halogens is 1. The zero-order chi connectivity index (χ0) is 16.4. The third-order valence-corrected chi connectivity index (χ3v) is 6.03. The SMILES string of the molecule is CN(C)C1CCCN(C(=O)/C=C/c2sc3ccccc3c2Cl)C1. The molecule has 0 bridgehead atoms. The van der Waals surface area contributed by atoms with Gasteiger partial charge in [0.25, 0.3) is 0 Å². The first-order valence-electron chi connectivity index (χ1n) is 7.86. The van der Waals surface area contributed by atoms with Crippen LogP contribution in [-0.4, -0.2) is 48.9 Å². The second-order valence-corrected chi connectivity index (χ2v) is 7.62. The minimum absolute atomic E-state index is 0.0741. The van der Waals surface area contributed by atoms with Crippen LogP contribution in [0, 0.1) is 0 Å². The van der Waals surface area contributed by atoms with Gasteiger partial charge in [0.15, 0.2) is 0 Å². The molecule has 1 atom stereocenters. The summed E-state index contributed by atoms with van der Waals surface area (Å²) in [6.45, 7) is 1.64. The summed E-state index contributed by atoms with van der Waals surface area (Å²) in [5, 5.41) is 1.79. The quantitative estimate of drug-likeness (QED) is 0.779. The molecule has 0 radical (unpaired) electrons. The number of nitrogens with zero attached hydrogens (tertiary/aromatic N) is 2. The van der Waals surface area contributed by atoms with Crippen molar-refractivity contribution in [1.82, 2.24) is 9.80 Å². The molecule has 1 aromatic carbocycles. The summed E-state index contributed by atoms with van der Waals surface area (Å²) in [6.07, 6.45) is 5.73. The molecule has 0 spiro atoms. The van der Waals surface area contributed by atoms with Crippen LogP contribution in [0.4, 0.5) is 0 Å². The van der Waals surface area contributed by atoms with E-state index in [9.17, 15) is 4.79 Å². The number of likely N-dealkylation sites (tertiary alicyclic amines) is 1. The number of piperidine rings is 1. The van der Waals surface area contributed by atoms with Crippen molar-refractivity contribution < 1.29 is 4.79 Å². The Kier molecular flexibility index (Phi) is 5.05. The Labute approximate surface area is 146 Å². The van der Waals surface area contributed by atoms with Crippen LogP contribution in [0.15, 0.2) is 30.3 Å². The predicted octanol–water partition coefficient (Wildman–Crippen LogP) is 4.12. The third-order valence-electron chi connectivity index (χ3n) is 4.38. The molecule has 0 saturated carbocycles. The number of likely N-dealkylation sites (N-methyl/N-ethyl adjacent to an activating group) is 1. The molecule has 1 unspecified atom stereocenters. The van der Waals surface area contributed by atoms with E-state index in [1.165, 1.54) is 0 Å². The number of thiophene rings is 1. The maximum absolute atomic E-state index is 12.4. The second-order valence-electron chi connectivity index (χ2n) is 6.15. The van der Waals surface area contributed by atoms with Crippen LogP contribution in [0.3, 0.4) is 0 Å². The van der Waals surface area contributed by atoms with Crippen molar-refractivity contribution in [2.45, 2.75) is 18.9 Å². The summed E-state index contributed by atoms with van der Waals surface area (Å²) in [5.74, 6) is 0.0741. The van der Waals surface area contributed by atoms with Gasteiger partial charge in [-0.2, -0.15) is 0 Å². The number of rotatable bonds is 3. The summed E-state index contributed by atoms with van der Waals surface area (Å²) >= 11 is 8.04. The van der Waals surface area contributed by atoms with Gasteiger partial charge in [0.2, 0.25) is 5.91 Å². The maximum Gasteiger partial charge on any atom is 0.246 e. The van der Waals surface area contributed by atoms with E-state index in [0.29, 0.717) is 6.04 Å². The Balaban J connectivity index is 1.73. The lowest BCUT2D eigenvalue weighted by atomic mass is 10.0. The number of fused-ring (bicyclic) bond motifs is 1. The highest BCUT2D eigenvalue weighted by Crippen LogP contribution is 2.35. The molecule has 2 heterocycles. The highest BCUT2D eigenvalue weighted by Gasteiger charge is 2.23. The molecule has 1 saturated heterocycles. The average molecular weight is 349 g/mol. The molecule has 1 aliphatic rings. The Morgan fingerprint density at radius 3 is 2.91 bits per heavy atom. The molecular formula is C18H21ClN2OS. The van der Waals surface area contributed by atoms with Gasteiger partial charge in [-0.05, 0) is 39.1 Å². The van der Waals surface area contributed by atoms with Crippen molar-refractivity contribution in [2.75, 3.05) is 27.2 Å². The molecule has 0 N–H and O–H groups in total. The Bertz CT molecular complexity index is 738. The van der Waals surface area contributed by atoms with Crippen LogP contribution in [-0.2, 0) is 4.79 Å². The van der Waals surface area contributed by atoms with Gasteiger partial charge < -0.3 is 9.80 Å². The Morgan fingerprint density at radius 2 is 2.17 bits per heavy atom. The monoisotopic (exact) mass is 348 g/mol. The minimum atomic E-state index is 0.0741. The minimum Gasteiger partial charge on any atom is -0.338 e. The van der Waals surface area contributed by atoms with Gasteiger partial charge in [-0.1, -0.05) is 29.8 Å². The van der Waals surface area contributed by atoms with Crippen molar-refractivity contribution in [3.8, 4) is 0 Å². The molecule has 23 heavy (non-hydrogen) atoms. The highest BCUT2D eigenvalue weighted by molar-refractivity contribution is 7.20. The fourth-order valence-electron chi connectivity index (χ4n) is 2.97. The summed E-state index contributed by atoms with van der Waals surface area (Å²) in [7, 11) is 4.15. The van der Waals surface area contributed by atoms with Gasteiger partial charge in [0, 0.05) is 40.2 Å². The predicted molar refractivity (Wildman–Crippen MR) is 99.2 cm³/mol. The number of carbonyl (C=O) groups is 1. The van der Waals surface area contributed by atoms with Crippen LogP contribution < -0.4 is 0 Å². The van der Waals surface area contributed by atoms with E-state index in [4.69, 9.17) is 11.6 Å². The zero-order valence-corrected chi connectivity index (χ0v) is 15.0. The van der Waals surface area contributed by atoms with Gasteiger partial charge in [-0.15, -0.1) is 11.3 Å². The first-order chi connectivity index (χ1) is 11.1. The van der Waals surface area contributed by atoms with Crippen molar-refractivity contribution in [3.05, 3.63) is 40.2 Å². The highest BCUT2D eigenvalue weighted by atomic mass is 35.5. The van der Waals surface area contributed by atoms with E-state index in [-0.39, 0.29) is 5.91 Å². The van der Waals surface area contributed by atoms with Crippen LogP contribution in [0.1, 0.15) is 17.7 Å². The smallest absolute Gasteiger partial charge is 0.246 e. The van der Waals surface area contributed by atoms with Gasteiger partial charge in [-0.25, -0.2) is 0 Å². The lowest BCUT2D eigenvalue weighted by Crippen LogP contribution is -2.47. The number of benzene rings is 1. The maximum atomic E-state index is 12.4. The zero-order valence-electron chi connectivity index (χ0n) is 13.5. The number of amides is 1. The molecule has 1 aromatic heterocycles. The van der Waals surface area contributed by atoms with Gasteiger partial charge >= 0.3 is 0 Å². The van der Waals surface area contributed by atoms with Crippen LogP contribution in [0.2, 0.25) is 5.02 Å². The molecular weight excluding hydrogens is 328 g/mol. The molecule has 0 aliphatic carbocycles. The fraction of sp³-hybridized carbons (Fsp3) is 0.389. The first-order valence-corrected chi connectivity index (χ1v) is 9.06. The molecule has 3 nitrogen and oxygen atoms in total. The standard InChI is InChI=1S/C18H21ClN2OS/c1-20(2)13-6-5-11-21(12-13)17(22)10-9-16-18(19)14-7-3-4-8-15(14)23-16/h3-4,7-10,13H,5-6,11-12H2,1-2H3/b10-9+. The van der Waals surface area contributed by atoms with Gasteiger partial charge in [0.1, 0.15) is 0 Å². The second kappa shape index (κ2) is 7.04. The molecule has 1 amide bonds. The van der Waals surface area contributed by atoms with Gasteiger partial charge in [0.05, 0.1) is 5.02 Å². The Morgan fingerprint density at radius 1 is 1.39 bits per heavy atom. The molecule has 5 heteroatoms. The summed E-state index contributed by atoms with van der Waals surface area (Å²) in [6, 6.07) is 8.50. The van der Waals surface area contributed by atoms with E-state index in [2.05, 4.69) is 25.1 Å². The van der Waals surface area contributed by atoms with E-state index in [0.717, 1.165) is 45.9 Å². The normalized spacial score (nSPS) is 19.1. The summed E-state index contributed by atoms with van der Waals surface area (Å²) in [4.78, 5) is 17.5. The average Bonchev–Trinajstić information content (AvgIpc) is 2.89. The number of carbonyl (C=O) groups excluding carboxylic acids is 1. The van der Waals surface area contributed by atoms with E-state index in [1.807, 2.05) is 29.2 Å². The summed E-state index contributed by atoms with van der Waals surface area (Å²) < 4.78 is 1.15. The Hall–Kier alpha value is -1.36. The van der Waals surface area contributed by atoms with Crippen molar-refractivity contribution in [1.29, 1.82) is 0 Å². The molecule has 3 rings (SSSR count). The fourth-order valence-corrected chi connectivity index (χ4v) is 4.37. The van der Waals surface area contributed by atoms with Crippen LogP contribution in [0.5, 0.6) is 0 Å². The van der Waals surface area contributed by atoms with E-state index < -0.39 is 0 Å². The molecule has 2 aromatic rings. The van der Waals surface area contributed by atoms with Gasteiger partial charge in [-0.3, -0.25) is 4.79 Å². The topological polar surface area (TPSA) is 23.6 Å². The number of hydrogen-bond donors (Lipinski definition) is 0. The van der Waals surface area contributed by atoms with Crippen LogP contribution in [0.25, 0.3) is 16.2 Å². The third kappa shape index (κ3) is 3.60.